The average molecular weight is 885 g/mol. The number of carbonyl (C=O) groups excluding carboxylic acids is 2. The van der Waals surface area contributed by atoms with Crippen LogP contribution in [0.25, 0.3) is 10.8 Å². The second kappa shape index (κ2) is 19.3. The summed E-state index contributed by atoms with van der Waals surface area (Å²) in [5.41, 5.74) is -3.52. The van der Waals surface area contributed by atoms with E-state index in [4.69, 9.17) is 42.9 Å². The molecule has 0 aliphatic carbocycles. The van der Waals surface area contributed by atoms with E-state index in [0.29, 0.717) is 12.4 Å². The molecule has 6 rings (SSSR count). The smallest absolute Gasteiger partial charge is 0.311 e. The van der Waals surface area contributed by atoms with Crippen LogP contribution < -0.4 is 0 Å². The van der Waals surface area contributed by atoms with E-state index in [1.54, 1.807) is 48.7 Å². The molecule has 4 heterocycles. The Morgan fingerprint density at radius 2 is 1.51 bits per heavy atom. The van der Waals surface area contributed by atoms with Gasteiger partial charge in [0.05, 0.1) is 59.4 Å². The van der Waals surface area contributed by atoms with E-state index >= 15 is 0 Å². The molecule has 15 heteroatoms. The number of ketones is 1. The molecule has 4 saturated heterocycles. The van der Waals surface area contributed by atoms with Crippen LogP contribution in [0.4, 0.5) is 5.69 Å². The maximum absolute atomic E-state index is 14.5. The Labute approximate surface area is 372 Å². The van der Waals surface area contributed by atoms with Gasteiger partial charge in [0.25, 0.3) is 6.02 Å². The number of cyclic esters (lactones) is 1. The van der Waals surface area contributed by atoms with Crippen molar-refractivity contribution >= 4 is 34.2 Å². The number of nitrogens with zero attached hydrogens (tertiary/aromatic N) is 2. The van der Waals surface area contributed by atoms with E-state index in [-0.39, 0.29) is 37.2 Å². The average Bonchev–Trinajstić information content (AvgIpc) is 3.57. The Balaban J connectivity index is 1.43. The van der Waals surface area contributed by atoms with Gasteiger partial charge in [-0.3, -0.25) is 9.59 Å². The highest BCUT2D eigenvalue weighted by atomic mass is 16.7. The van der Waals surface area contributed by atoms with Crippen LogP contribution in [0.5, 0.6) is 0 Å². The number of Topliss-reactive ketones (excluding diaryl/α,β-unsaturated/α-hetero) is 1. The van der Waals surface area contributed by atoms with E-state index in [1.165, 1.54) is 14.0 Å². The van der Waals surface area contributed by atoms with Crippen molar-refractivity contribution in [2.45, 2.75) is 179 Å². The van der Waals surface area contributed by atoms with Gasteiger partial charge >= 0.3 is 5.97 Å². The lowest BCUT2D eigenvalue weighted by Gasteiger charge is -2.49. The minimum atomic E-state index is -1.98. The second-order valence-electron chi connectivity index (χ2n) is 19.3. The zero-order valence-corrected chi connectivity index (χ0v) is 39.3. The Morgan fingerprint density at radius 1 is 0.841 bits per heavy atom. The minimum Gasteiger partial charge on any atom is -0.459 e. The summed E-state index contributed by atoms with van der Waals surface area (Å²) in [4.78, 5) is 35.8. The summed E-state index contributed by atoms with van der Waals surface area (Å²) in [5.74, 6) is -4.47. The number of benzene rings is 2. The van der Waals surface area contributed by atoms with Gasteiger partial charge in [-0.05, 0) is 72.3 Å². The van der Waals surface area contributed by atoms with Crippen LogP contribution in [0.15, 0.2) is 47.5 Å². The van der Waals surface area contributed by atoms with Gasteiger partial charge in [-0.1, -0.05) is 64.1 Å². The first-order chi connectivity index (χ1) is 29.6. The molecule has 63 heavy (non-hydrogen) atoms. The third-order valence-electron chi connectivity index (χ3n) is 14.6. The first-order valence-electron chi connectivity index (χ1n) is 22.6. The number of hydrogen-bond acceptors (Lipinski definition) is 14. The van der Waals surface area contributed by atoms with Crippen LogP contribution in [0, 0.1) is 23.7 Å². The Kier molecular flexibility index (Phi) is 15.1. The lowest BCUT2D eigenvalue weighted by Crippen LogP contribution is -2.61. The number of rotatable bonds is 8. The molecule has 2 aromatic rings. The standard InChI is InChI=1S/C48H72N2O13/c1-14-35-48(10,55)40(52)27(4)37(51)25(2)23-47(9,57-13)42(28(5)38(29(6)43(54)60-35)61-36-24-46(8,56-12)41(53)30(7)59-36)63-44-39-34(22-26(3)58-44)50(11)45(62-39)49-33-21-17-19-31-18-15-16-20-32(31)33/h15-21,25-30,34-36,38-42,44,52-53,55H,14,22-24H2,1-13H3/t25-,26-,27+,28+,29-,30+,34+,35-,36+,38+,39-,40-,41+,42-,44-,46-,47-,48-/m1/s1. The van der Waals surface area contributed by atoms with E-state index in [9.17, 15) is 24.9 Å². The van der Waals surface area contributed by atoms with Crippen LogP contribution in [0.1, 0.15) is 94.9 Å². The van der Waals surface area contributed by atoms with Gasteiger partial charge in [0.2, 0.25) is 0 Å². The first kappa shape index (κ1) is 49.2. The van der Waals surface area contributed by atoms with Crippen LogP contribution in [-0.4, -0.2) is 144 Å². The Bertz CT molecular complexity index is 1940. The number of amidine groups is 1. The quantitative estimate of drug-likeness (QED) is 0.275. The summed E-state index contributed by atoms with van der Waals surface area (Å²) in [7, 11) is 5.01. The van der Waals surface area contributed by atoms with Crippen LogP contribution in [-0.2, 0) is 47.5 Å². The molecule has 0 unspecified atom stereocenters. The highest BCUT2D eigenvalue weighted by Gasteiger charge is 2.56. The fourth-order valence-electron chi connectivity index (χ4n) is 10.4. The normalized spacial score (nSPS) is 43.9. The van der Waals surface area contributed by atoms with E-state index in [2.05, 4.69) is 0 Å². The lowest BCUT2D eigenvalue weighted by atomic mass is 9.74. The van der Waals surface area contributed by atoms with Gasteiger partial charge in [-0.25, -0.2) is 0 Å². The van der Waals surface area contributed by atoms with Gasteiger partial charge < -0.3 is 58.1 Å². The molecule has 4 aliphatic rings. The number of aliphatic hydroxyl groups excluding tert-OH is 2. The molecular formula is C48H72N2O13. The molecule has 4 fully saturated rings. The van der Waals surface area contributed by atoms with Crippen molar-refractivity contribution < 1.29 is 62.8 Å². The largest absolute Gasteiger partial charge is 0.459 e. The number of methoxy groups -OCH3 is 2. The van der Waals surface area contributed by atoms with Crippen LogP contribution >= 0.6 is 0 Å². The summed E-state index contributed by atoms with van der Waals surface area (Å²) in [6, 6.07) is 14.2. The maximum Gasteiger partial charge on any atom is 0.311 e. The first-order valence-corrected chi connectivity index (χ1v) is 22.6. The summed E-state index contributed by atoms with van der Waals surface area (Å²) >= 11 is 0. The number of fused-ring (bicyclic) bond motifs is 2. The van der Waals surface area contributed by atoms with Gasteiger partial charge in [-0.15, -0.1) is 0 Å². The zero-order chi connectivity index (χ0) is 46.3. The molecule has 3 N–H and O–H groups in total. The number of hydrogen-bond donors (Lipinski definition) is 3. The minimum absolute atomic E-state index is 0.120. The van der Waals surface area contributed by atoms with E-state index < -0.39 is 102 Å². The topological polar surface area (TPSA) is 184 Å². The molecule has 15 nitrogen and oxygen atoms in total. The van der Waals surface area contributed by atoms with Crippen LogP contribution in [0.2, 0.25) is 0 Å². The monoisotopic (exact) mass is 885 g/mol. The number of esters is 1. The van der Waals surface area contributed by atoms with Crippen molar-refractivity contribution in [2.24, 2.45) is 28.7 Å². The predicted octanol–water partition coefficient (Wildman–Crippen LogP) is 5.69. The number of aliphatic imine (C=N–C) groups is 1. The summed E-state index contributed by atoms with van der Waals surface area (Å²) in [6.07, 6.45) is -8.16. The zero-order valence-electron chi connectivity index (χ0n) is 39.3. The van der Waals surface area contributed by atoms with Crippen molar-refractivity contribution in [3.8, 4) is 0 Å². The van der Waals surface area contributed by atoms with Crippen molar-refractivity contribution in [1.29, 1.82) is 0 Å². The van der Waals surface area contributed by atoms with Gasteiger partial charge in [0.1, 0.15) is 23.6 Å². The number of carbonyl (C=O) groups is 2. The lowest BCUT2D eigenvalue weighted by molar-refractivity contribution is -0.315. The fourth-order valence-corrected chi connectivity index (χ4v) is 10.4. The van der Waals surface area contributed by atoms with Gasteiger partial charge in [0.15, 0.2) is 18.7 Å². The number of likely N-dealkylation sites (N-methyl/N-ethyl adjacent to an activating group) is 1. The van der Waals surface area contributed by atoms with Crippen molar-refractivity contribution in [1.82, 2.24) is 4.90 Å². The third-order valence-corrected chi connectivity index (χ3v) is 14.6. The van der Waals surface area contributed by atoms with Crippen molar-refractivity contribution in [2.75, 3.05) is 21.3 Å². The molecule has 0 saturated carbocycles. The predicted molar refractivity (Wildman–Crippen MR) is 235 cm³/mol. The molecule has 0 bridgehead atoms. The molecule has 0 spiro atoms. The van der Waals surface area contributed by atoms with Crippen molar-refractivity contribution in [3.63, 3.8) is 0 Å². The summed E-state index contributed by atoms with van der Waals surface area (Å²) in [6.45, 7) is 17.4. The molecular weight excluding hydrogens is 813 g/mol. The highest BCUT2D eigenvalue weighted by Crippen LogP contribution is 2.43. The Morgan fingerprint density at radius 3 is 2.17 bits per heavy atom. The summed E-state index contributed by atoms with van der Waals surface area (Å²) in [5, 5.41) is 36.5. The van der Waals surface area contributed by atoms with Gasteiger partial charge in [0, 0.05) is 50.8 Å². The molecule has 0 aromatic heterocycles. The SMILES string of the molecule is CC[C@H]1OC(=O)[C@H](C)[C@@H](O[C@H]2C[C@@](C)(OC)[C@@H](O)[C@H](C)O2)[C@H](C)[C@@H](O[C@H]2O[C@H](C)C[C@H]3[C@H]2OC(=Nc2cccc4ccccc24)N3C)[C@](C)(OC)C[C@@H](C)C(=O)[C@H](C)[C@@H](O)[C@]1(C)O. The van der Waals surface area contributed by atoms with Crippen LogP contribution in [0.3, 0.4) is 0 Å². The third kappa shape index (κ3) is 9.69. The fraction of sp³-hybridized carbons (Fsp3) is 0.729. The maximum atomic E-state index is 14.5. The summed E-state index contributed by atoms with van der Waals surface area (Å²) < 4.78 is 52.0. The van der Waals surface area contributed by atoms with Gasteiger partial charge in [-0.2, -0.15) is 4.99 Å². The Hall–Kier alpha value is -3.25. The number of ether oxygens (including phenoxy) is 8. The molecule has 4 aliphatic heterocycles. The molecule has 0 amide bonds. The number of aliphatic hydroxyl groups is 3. The molecule has 2 aromatic carbocycles. The second-order valence-corrected chi connectivity index (χ2v) is 19.3. The molecule has 0 radical (unpaired) electrons. The molecule has 18 atom stereocenters. The van der Waals surface area contributed by atoms with E-state index in [0.717, 1.165) is 16.5 Å². The van der Waals surface area contributed by atoms with Crippen molar-refractivity contribution in [3.05, 3.63) is 42.5 Å². The molecule has 352 valence electrons. The van der Waals surface area contributed by atoms with E-state index in [1.807, 2.05) is 75.2 Å². The highest BCUT2D eigenvalue weighted by molar-refractivity contribution is 5.95.